The average molecular weight is 407 g/mol. The molecule has 3 N–H and O–H groups in total. The number of ether oxygens (including phenoxy) is 1. The molecule has 0 radical (unpaired) electrons. The van der Waals surface area contributed by atoms with E-state index in [1.807, 2.05) is 0 Å². The minimum Gasteiger partial charge on any atom is -0.383 e. The van der Waals surface area contributed by atoms with Crippen LogP contribution in [0.15, 0.2) is 18.2 Å². The fourth-order valence-electron chi connectivity index (χ4n) is 4.82. The smallest absolute Gasteiger partial charge is 0.261 e. The number of nitrogens with zero attached hydrogens (tertiary/aromatic N) is 2. The van der Waals surface area contributed by atoms with Gasteiger partial charge in [0.1, 0.15) is 17.2 Å². The quantitative estimate of drug-likeness (QED) is 0.804. The van der Waals surface area contributed by atoms with Crippen LogP contribution in [0.2, 0.25) is 5.02 Å². The molecule has 0 aliphatic heterocycles. The van der Waals surface area contributed by atoms with Crippen molar-refractivity contribution in [2.24, 2.45) is 18.9 Å². The lowest BCUT2D eigenvalue weighted by molar-refractivity contribution is 0.100. The topological polar surface area (TPSA) is 82.2 Å². The van der Waals surface area contributed by atoms with Crippen molar-refractivity contribution < 1.29 is 13.9 Å². The minimum atomic E-state index is -0.534. The number of carbonyl (C=O) groups is 1. The van der Waals surface area contributed by atoms with E-state index in [0.717, 1.165) is 31.4 Å². The number of carbonyl (C=O) groups excluding carboxylic acids is 1. The molecule has 150 valence electrons. The highest BCUT2D eigenvalue weighted by Gasteiger charge is 2.44. The van der Waals surface area contributed by atoms with E-state index in [2.05, 4.69) is 10.4 Å². The number of hydrogen-bond acceptors (Lipinski definition) is 4. The maximum absolute atomic E-state index is 13.4. The summed E-state index contributed by atoms with van der Waals surface area (Å²) in [6, 6.07) is 4.07. The molecule has 1 aromatic heterocycles. The lowest BCUT2D eigenvalue weighted by Crippen LogP contribution is -2.17. The molecule has 4 rings (SSSR count). The maximum Gasteiger partial charge on any atom is 0.261 e. The molecule has 0 bridgehead atoms. The second-order valence-electron chi connectivity index (χ2n) is 7.87. The highest BCUT2D eigenvalue weighted by atomic mass is 35.5. The monoisotopic (exact) mass is 406 g/mol. The largest absolute Gasteiger partial charge is 0.383 e. The first-order valence-electron chi connectivity index (χ1n) is 9.49. The van der Waals surface area contributed by atoms with E-state index in [4.69, 9.17) is 22.1 Å². The molecule has 2 saturated carbocycles. The van der Waals surface area contributed by atoms with Gasteiger partial charge in [-0.1, -0.05) is 11.6 Å². The van der Waals surface area contributed by atoms with E-state index >= 15 is 0 Å². The number of fused-ring (bicyclic) bond motifs is 1. The second-order valence-corrected chi connectivity index (χ2v) is 8.28. The van der Waals surface area contributed by atoms with Gasteiger partial charge in [0.25, 0.3) is 5.91 Å². The summed E-state index contributed by atoms with van der Waals surface area (Å²) in [5.41, 5.74) is 7.73. The van der Waals surface area contributed by atoms with Gasteiger partial charge in [0.15, 0.2) is 0 Å². The lowest BCUT2D eigenvalue weighted by atomic mass is 9.95. The minimum absolute atomic E-state index is 0.0477. The summed E-state index contributed by atoms with van der Waals surface area (Å²) in [4.78, 5) is 13.0. The Bertz CT molecular complexity index is 902. The van der Waals surface area contributed by atoms with E-state index in [1.54, 1.807) is 18.8 Å². The van der Waals surface area contributed by atoms with E-state index in [1.165, 1.54) is 18.2 Å². The van der Waals surface area contributed by atoms with Crippen LogP contribution in [0.25, 0.3) is 0 Å². The van der Waals surface area contributed by atoms with Gasteiger partial charge in [-0.05, 0) is 55.7 Å². The first kappa shape index (κ1) is 19.2. The Hall–Kier alpha value is -2.12. The Morgan fingerprint density at radius 2 is 2.00 bits per heavy atom. The SMILES string of the molecule is COC1CC2CC(c3nn(C)c(N)c3C(=O)Nc3ccc(F)c(Cl)c3)CC2C1. The molecule has 1 heterocycles. The van der Waals surface area contributed by atoms with Gasteiger partial charge in [-0.3, -0.25) is 9.48 Å². The van der Waals surface area contributed by atoms with Crippen molar-refractivity contribution in [1.82, 2.24) is 9.78 Å². The number of aromatic nitrogens is 2. The predicted molar refractivity (Wildman–Crippen MR) is 106 cm³/mol. The molecule has 2 fully saturated rings. The van der Waals surface area contributed by atoms with Crippen LogP contribution in [0.4, 0.5) is 15.9 Å². The number of aryl methyl sites for hydroxylation is 1. The molecule has 2 unspecified atom stereocenters. The molecular formula is C20H24ClFN4O2. The van der Waals surface area contributed by atoms with Gasteiger partial charge in [-0.25, -0.2) is 4.39 Å². The van der Waals surface area contributed by atoms with E-state index < -0.39 is 5.82 Å². The van der Waals surface area contributed by atoms with Gasteiger partial charge in [-0.2, -0.15) is 5.10 Å². The number of methoxy groups -OCH3 is 1. The summed E-state index contributed by atoms with van der Waals surface area (Å²) >= 11 is 5.81. The van der Waals surface area contributed by atoms with Gasteiger partial charge in [0.05, 0.1) is 16.8 Å². The third-order valence-corrected chi connectivity index (χ3v) is 6.51. The predicted octanol–water partition coefficient (Wildman–Crippen LogP) is 3.97. The molecular weight excluding hydrogens is 383 g/mol. The summed E-state index contributed by atoms with van der Waals surface area (Å²) in [6.45, 7) is 0. The molecule has 28 heavy (non-hydrogen) atoms. The van der Waals surface area contributed by atoms with Crippen LogP contribution in [0.5, 0.6) is 0 Å². The molecule has 6 nitrogen and oxygen atoms in total. The van der Waals surface area contributed by atoms with Crippen LogP contribution in [-0.4, -0.2) is 28.9 Å². The Balaban J connectivity index is 1.57. The van der Waals surface area contributed by atoms with Gasteiger partial charge in [0.2, 0.25) is 0 Å². The normalized spacial score (nSPS) is 26.4. The van der Waals surface area contributed by atoms with E-state index in [9.17, 15) is 9.18 Å². The van der Waals surface area contributed by atoms with Crippen molar-refractivity contribution in [3.05, 3.63) is 40.3 Å². The standard InChI is InChI=1S/C20H24ClFN4O2/c1-26-19(23)17(20(27)24-13-3-4-16(22)15(21)9-13)18(25-26)12-5-10-7-14(28-2)8-11(10)6-12/h3-4,9-12,14H,5-8,23H2,1-2H3,(H,24,27). The van der Waals surface area contributed by atoms with Crippen LogP contribution >= 0.6 is 11.6 Å². The molecule has 2 aliphatic carbocycles. The zero-order valence-corrected chi connectivity index (χ0v) is 16.7. The maximum atomic E-state index is 13.4. The number of benzene rings is 1. The highest BCUT2D eigenvalue weighted by Crippen LogP contribution is 2.51. The number of anilines is 2. The van der Waals surface area contributed by atoms with Crippen molar-refractivity contribution in [2.45, 2.75) is 37.7 Å². The van der Waals surface area contributed by atoms with Crippen LogP contribution in [0.3, 0.4) is 0 Å². The number of rotatable bonds is 4. The molecule has 1 aromatic carbocycles. The number of nitrogens with one attached hydrogen (secondary N) is 1. The molecule has 8 heteroatoms. The Morgan fingerprint density at radius 3 is 2.61 bits per heavy atom. The summed E-state index contributed by atoms with van der Waals surface area (Å²) in [7, 11) is 3.51. The highest BCUT2D eigenvalue weighted by molar-refractivity contribution is 6.31. The fraction of sp³-hybridized carbons (Fsp3) is 0.500. The van der Waals surface area contributed by atoms with Crippen molar-refractivity contribution in [1.29, 1.82) is 0 Å². The molecule has 0 spiro atoms. The fourth-order valence-corrected chi connectivity index (χ4v) is 5.00. The molecule has 2 aliphatic rings. The second kappa shape index (κ2) is 7.37. The van der Waals surface area contributed by atoms with E-state index in [0.29, 0.717) is 35.0 Å². The average Bonchev–Trinajstić information content (AvgIpc) is 3.30. The van der Waals surface area contributed by atoms with Crippen molar-refractivity contribution in [3.63, 3.8) is 0 Å². The third-order valence-electron chi connectivity index (χ3n) is 6.22. The van der Waals surface area contributed by atoms with Gasteiger partial charge in [-0.15, -0.1) is 0 Å². The summed E-state index contributed by atoms with van der Waals surface area (Å²) < 4.78 is 20.4. The van der Waals surface area contributed by atoms with Gasteiger partial charge < -0.3 is 15.8 Å². The molecule has 0 saturated heterocycles. The number of nitrogen functional groups attached to an aromatic ring is 1. The Kier molecular flexibility index (Phi) is 5.05. The summed E-state index contributed by atoms with van der Waals surface area (Å²) in [5.74, 6) is 0.847. The number of halogens is 2. The number of hydrogen-bond donors (Lipinski definition) is 2. The molecule has 1 amide bonds. The van der Waals surface area contributed by atoms with E-state index in [-0.39, 0.29) is 16.8 Å². The zero-order valence-electron chi connectivity index (χ0n) is 15.9. The number of amides is 1. The third kappa shape index (κ3) is 3.37. The number of nitrogens with two attached hydrogens (primary N) is 1. The summed E-state index contributed by atoms with van der Waals surface area (Å²) in [6.07, 6.45) is 4.45. The van der Waals surface area contributed by atoms with Crippen molar-refractivity contribution in [2.75, 3.05) is 18.2 Å². The molecule has 2 atom stereocenters. The Morgan fingerprint density at radius 1 is 1.32 bits per heavy atom. The van der Waals surface area contributed by atoms with Crippen LogP contribution in [0.1, 0.15) is 47.7 Å². The van der Waals surface area contributed by atoms with Crippen molar-refractivity contribution in [3.8, 4) is 0 Å². The first-order valence-corrected chi connectivity index (χ1v) is 9.86. The lowest BCUT2D eigenvalue weighted by Gasteiger charge is -2.14. The van der Waals surface area contributed by atoms with Crippen molar-refractivity contribution >= 4 is 29.0 Å². The first-order chi connectivity index (χ1) is 13.4. The van der Waals surface area contributed by atoms with Gasteiger partial charge >= 0.3 is 0 Å². The van der Waals surface area contributed by atoms with Gasteiger partial charge in [0, 0.05) is 25.8 Å². The zero-order chi connectivity index (χ0) is 20.0. The Labute approximate surface area is 168 Å². The van der Waals surface area contributed by atoms with Crippen LogP contribution < -0.4 is 11.1 Å². The summed E-state index contributed by atoms with van der Waals surface area (Å²) in [5, 5.41) is 7.29. The van der Waals surface area contributed by atoms with Crippen LogP contribution in [-0.2, 0) is 11.8 Å². The molecule has 2 aromatic rings. The van der Waals surface area contributed by atoms with Crippen LogP contribution in [0, 0.1) is 17.7 Å².